The molecule has 6 heteroatoms. The van der Waals surface area contributed by atoms with Gasteiger partial charge in [0.2, 0.25) is 11.7 Å². The minimum Gasteiger partial charge on any atom is -0.339 e. The maximum absolute atomic E-state index is 5.54. The van der Waals surface area contributed by atoms with Crippen molar-refractivity contribution in [3.8, 4) is 11.4 Å². The van der Waals surface area contributed by atoms with Crippen molar-refractivity contribution in [3.05, 3.63) is 64.3 Å². The van der Waals surface area contributed by atoms with Crippen molar-refractivity contribution in [2.45, 2.75) is 46.1 Å². The Balaban J connectivity index is 0.00000210. The Hall–Kier alpha value is -2.24. The summed E-state index contributed by atoms with van der Waals surface area (Å²) in [6.07, 6.45) is 3.57. The Morgan fingerprint density at radius 3 is 2.70 bits per heavy atom. The van der Waals surface area contributed by atoms with Gasteiger partial charge in [-0.1, -0.05) is 43.3 Å². The molecule has 4 rings (SSSR count). The predicted octanol–water partition coefficient (Wildman–Crippen LogP) is 4.22. The van der Waals surface area contributed by atoms with Crippen molar-refractivity contribution < 1.29 is 4.52 Å². The highest BCUT2D eigenvalue weighted by molar-refractivity contribution is 5.85. The number of pyridine rings is 1. The topological polar surface area (TPSA) is 63.8 Å². The first-order chi connectivity index (χ1) is 12.6. The van der Waals surface area contributed by atoms with Crippen molar-refractivity contribution in [1.29, 1.82) is 0 Å². The fourth-order valence-electron chi connectivity index (χ4n) is 3.49. The molecule has 3 aromatic rings. The van der Waals surface area contributed by atoms with E-state index in [1.54, 1.807) is 0 Å². The molecule has 1 aromatic carbocycles. The molecule has 27 heavy (non-hydrogen) atoms. The van der Waals surface area contributed by atoms with Gasteiger partial charge in [-0.25, -0.2) is 0 Å². The second-order valence-corrected chi connectivity index (χ2v) is 7.23. The minimum atomic E-state index is 0. The van der Waals surface area contributed by atoms with E-state index in [4.69, 9.17) is 4.52 Å². The van der Waals surface area contributed by atoms with Crippen LogP contribution in [0, 0.1) is 6.92 Å². The SMILES string of the molecule is Cc1ncc2c(c1-c1noc(Cc3ccc(C(C)C)cc3)n1)CCNC2.Cl. The molecular formula is C21H25ClN4O. The molecule has 0 atom stereocenters. The third-order valence-corrected chi connectivity index (χ3v) is 5.03. The van der Waals surface area contributed by atoms with E-state index in [1.807, 2.05) is 13.1 Å². The normalized spacial score (nSPS) is 13.3. The van der Waals surface area contributed by atoms with Crippen molar-refractivity contribution in [2.75, 3.05) is 6.54 Å². The lowest BCUT2D eigenvalue weighted by atomic mass is 9.95. The molecule has 2 aromatic heterocycles. The van der Waals surface area contributed by atoms with Crippen molar-refractivity contribution >= 4 is 12.4 Å². The first-order valence-electron chi connectivity index (χ1n) is 9.21. The van der Waals surface area contributed by atoms with Gasteiger partial charge < -0.3 is 9.84 Å². The molecule has 5 nitrogen and oxygen atoms in total. The fourth-order valence-corrected chi connectivity index (χ4v) is 3.49. The van der Waals surface area contributed by atoms with Crippen LogP contribution in [0.3, 0.4) is 0 Å². The highest BCUT2D eigenvalue weighted by atomic mass is 35.5. The molecule has 0 aliphatic carbocycles. The molecule has 0 bridgehead atoms. The van der Waals surface area contributed by atoms with E-state index in [1.165, 1.54) is 22.3 Å². The first-order valence-corrected chi connectivity index (χ1v) is 9.21. The molecule has 0 saturated heterocycles. The van der Waals surface area contributed by atoms with Crippen molar-refractivity contribution in [1.82, 2.24) is 20.4 Å². The van der Waals surface area contributed by atoms with Crippen molar-refractivity contribution in [2.24, 2.45) is 0 Å². The Bertz CT molecular complexity index is 918. The summed E-state index contributed by atoms with van der Waals surface area (Å²) in [5.74, 6) is 1.83. The number of hydrogen-bond acceptors (Lipinski definition) is 5. The van der Waals surface area contributed by atoms with Gasteiger partial charge in [-0.05, 0) is 48.1 Å². The summed E-state index contributed by atoms with van der Waals surface area (Å²) in [4.78, 5) is 9.19. The summed E-state index contributed by atoms with van der Waals surface area (Å²) in [6.45, 7) is 8.23. The summed E-state index contributed by atoms with van der Waals surface area (Å²) >= 11 is 0. The van der Waals surface area contributed by atoms with Crippen molar-refractivity contribution in [3.63, 3.8) is 0 Å². The smallest absolute Gasteiger partial charge is 0.231 e. The lowest BCUT2D eigenvalue weighted by Gasteiger charge is -2.19. The van der Waals surface area contributed by atoms with Crippen LogP contribution >= 0.6 is 12.4 Å². The Morgan fingerprint density at radius 1 is 1.19 bits per heavy atom. The van der Waals surface area contributed by atoms with Crippen LogP contribution in [0.25, 0.3) is 11.4 Å². The van der Waals surface area contributed by atoms with Gasteiger partial charge in [0, 0.05) is 24.0 Å². The molecule has 0 saturated carbocycles. The first kappa shape index (κ1) is 19.5. The zero-order valence-corrected chi connectivity index (χ0v) is 16.8. The van der Waals surface area contributed by atoms with Gasteiger partial charge in [0.25, 0.3) is 0 Å². The largest absolute Gasteiger partial charge is 0.339 e. The van der Waals surface area contributed by atoms with Crippen LogP contribution in [0.5, 0.6) is 0 Å². The quantitative estimate of drug-likeness (QED) is 0.729. The lowest BCUT2D eigenvalue weighted by Crippen LogP contribution is -2.24. The van der Waals surface area contributed by atoms with Crippen LogP contribution in [0.15, 0.2) is 35.0 Å². The molecule has 142 valence electrons. The van der Waals surface area contributed by atoms with Crippen LogP contribution in [-0.4, -0.2) is 21.7 Å². The van der Waals surface area contributed by atoms with E-state index in [0.29, 0.717) is 24.1 Å². The van der Waals surface area contributed by atoms with E-state index in [2.05, 4.69) is 58.6 Å². The van der Waals surface area contributed by atoms with Crippen LogP contribution in [0.2, 0.25) is 0 Å². The van der Waals surface area contributed by atoms with Crippen LogP contribution in [0.4, 0.5) is 0 Å². The number of nitrogens with one attached hydrogen (secondary N) is 1. The number of aryl methyl sites for hydroxylation is 1. The predicted molar refractivity (Wildman–Crippen MR) is 108 cm³/mol. The average molecular weight is 385 g/mol. The van der Waals surface area contributed by atoms with Crippen LogP contribution < -0.4 is 5.32 Å². The van der Waals surface area contributed by atoms with Gasteiger partial charge >= 0.3 is 0 Å². The van der Waals surface area contributed by atoms with Crippen LogP contribution in [-0.2, 0) is 19.4 Å². The highest BCUT2D eigenvalue weighted by Crippen LogP contribution is 2.29. The van der Waals surface area contributed by atoms with Gasteiger partial charge in [-0.15, -0.1) is 12.4 Å². The number of halogens is 1. The zero-order valence-electron chi connectivity index (χ0n) is 16.0. The number of aromatic nitrogens is 3. The Morgan fingerprint density at radius 2 is 1.96 bits per heavy atom. The number of nitrogens with zero attached hydrogens (tertiary/aromatic N) is 3. The number of rotatable bonds is 4. The summed E-state index contributed by atoms with van der Waals surface area (Å²) in [7, 11) is 0. The zero-order chi connectivity index (χ0) is 18.1. The summed E-state index contributed by atoms with van der Waals surface area (Å²) in [5, 5.41) is 7.64. The molecule has 1 N–H and O–H groups in total. The summed E-state index contributed by atoms with van der Waals surface area (Å²) in [6, 6.07) is 8.63. The molecular weight excluding hydrogens is 360 g/mol. The second kappa shape index (κ2) is 8.19. The molecule has 1 aliphatic rings. The fraction of sp³-hybridized carbons (Fsp3) is 0.381. The molecule has 0 radical (unpaired) electrons. The third kappa shape index (κ3) is 4.04. The molecule has 0 spiro atoms. The molecule has 0 amide bonds. The van der Waals surface area contributed by atoms with Gasteiger partial charge in [0.05, 0.1) is 6.42 Å². The number of fused-ring (bicyclic) bond motifs is 1. The van der Waals surface area contributed by atoms with Gasteiger partial charge in [0.15, 0.2) is 0 Å². The molecule has 0 unspecified atom stereocenters. The monoisotopic (exact) mass is 384 g/mol. The molecule has 1 aliphatic heterocycles. The minimum absolute atomic E-state index is 0. The Kier molecular flexibility index (Phi) is 5.92. The lowest BCUT2D eigenvalue weighted by molar-refractivity contribution is 0.385. The number of benzene rings is 1. The maximum atomic E-state index is 5.54. The standard InChI is InChI=1S/C21H24N4O.ClH/c1-13(2)16-6-4-15(5-7-16)10-19-24-21(25-26-19)20-14(3)23-12-17-11-22-9-8-18(17)20;/h4-7,12-13,22H,8-11H2,1-3H3;1H. The Labute approximate surface area is 166 Å². The van der Waals surface area contributed by atoms with E-state index in [9.17, 15) is 0 Å². The van der Waals surface area contributed by atoms with E-state index < -0.39 is 0 Å². The van der Waals surface area contributed by atoms with Gasteiger partial charge in [0.1, 0.15) is 0 Å². The number of hydrogen-bond donors (Lipinski definition) is 1. The summed E-state index contributed by atoms with van der Waals surface area (Å²) in [5.41, 5.74) is 7.04. The highest BCUT2D eigenvalue weighted by Gasteiger charge is 2.21. The van der Waals surface area contributed by atoms with E-state index in [0.717, 1.165) is 30.8 Å². The molecule has 3 heterocycles. The third-order valence-electron chi connectivity index (χ3n) is 5.03. The summed E-state index contributed by atoms with van der Waals surface area (Å²) < 4.78 is 5.54. The second-order valence-electron chi connectivity index (χ2n) is 7.23. The van der Waals surface area contributed by atoms with E-state index >= 15 is 0 Å². The maximum Gasteiger partial charge on any atom is 0.231 e. The van der Waals surface area contributed by atoms with Gasteiger partial charge in [-0.2, -0.15) is 4.98 Å². The van der Waals surface area contributed by atoms with Gasteiger partial charge in [-0.3, -0.25) is 4.98 Å². The van der Waals surface area contributed by atoms with Crippen LogP contribution in [0.1, 0.15) is 53.6 Å². The van der Waals surface area contributed by atoms with E-state index in [-0.39, 0.29) is 12.4 Å². The average Bonchev–Trinajstić information content (AvgIpc) is 3.10. The molecule has 0 fully saturated rings.